The van der Waals surface area contributed by atoms with Gasteiger partial charge >= 0.3 is 0 Å². The average molecular weight is 502 g/mol. The summed E-state index contributed by atoms with van der Waals surface area (Å²) in [6, 6.07) is 11.1. The van der Waals surface area contributed by atoms with Gasteiger partial charge in [-0.2, -0.15) is 0 Å². The van der Waals surface area contributed by atoms with Crippen molar-refractivity contribution in [2.45, 2.75) is 39.2 Å². The molecule has 1 atom stereocenters. The van der Waals surface area contributed by atoms with Crippen LogP contribution >= 0.6 is 24.0 Å². The Hall–Kier alpha value is -0.860. The van der Waals surface area contributed by atoms with E-state index >= 15 is 0 Å². The third-order valence-corrected chi connectivity index (χ3v) is 5.81. The minimum Gasteiger partial charge on any atom is -0.356 e. The van der Waals surface area contributed by atoms with Crippen LogP contribution in [0.5, 0.6) is 0 Å². The number of nitrogens with one attached hydrogen (secondary N) is 2. The highest BCUT2D eigenvalue weighted by Crippen LogP contribution is 2.20. The summed E-state index contributed by atoms with van der Waals surface area (Å²) in [6.45, 7) is 10.9. The van der Waals surface area contributed by atoms with E-state index in [1.54, 1.807) is 0 Å². The van der Waals surface area contributed by atoms with Crippen LogP contribution in [0, 0.1) is 5.92 Å². The lowest BCUT2D eigenvalue weighted by Crippen LogP contribution is -2.44. The smallest absolute Gasteiger partial charge is 0.191 e. The number of likely N-dealkylation sites (N-methyl/N-ethyl adjacent to an activating group) is 1. The van der Waals surface area contributed by atoms with E-state index in [0.717, 1.165) is 38.1 Å². The molecule has 0 bridgehead atoms. The summed E-state index contributed by atoms with van der Waals surface area (Å²) in [5.74, 6) is 1.76. The van der Waals surface area contributed by atoms with E-state index in [4.69, 9.17) is 0 Å². The van der Waals surface area contributed by atoms with Crippen LogP contribution in [0.3, 0.4) is 0 Å². The molecule has 5 nitrogen and oxygen atoms in total. The van der Waals surface area contributed by atoms with Crippen LogP contribution in [0.4, 0.5) is 0 Å². The van der Waals surface area contributed by atoms with E-state index in [-0.39, 0.29) is 24.0 Å². The van der Waals surface area contributed by atoms with Gasteiger partial charge in [-0.15, -0.1) is 24.0 Å². The highest BCUT2D eigenvalue weighted by molar-refractivity contribution is 14.0. The van der Waals surface area contributed by atoms with Crippen LogP contribution < -0.4 is 10.6 Å². The summed E-state index contributed by atoms with van der Waals surface area (Å²) >= 11 is 0. The first-order valence-corrected chi connectivity index (χ1v) is 10.6. The maximum Gasteiger partial charge on any atom is 0.191 e. The second kappa shape index (κ2) is 14.2. The largest absolute Gasteiger partial charge is 0.356 e. The van der Waals surface area contributed by atoms with E-state index < -0.39 is 0 Å². The van der Waals surface area contributed by atoms with E-state index in [2.05, 4.69) is 76.7 Å². The van der Waals surface area contributed by atoms with Gasteiger partial charge in [0.15, 0.2) is 5.96 Å². The Bertz CT molecular complexity index is 539. The topological polar surface area (TPSA) is 42.9 Å². The van der Waals surface area contributed by atoms with Crippen LogP contribution in [0.1, 0.15) is 44.7 Å². The van der Waals surface area contributed by atoms with Gasteiger partial charge in [0.2, 0.25) is 0 Å². The molecule has 0 aromatic heterocycles. The van der Waals surface area contributed by atoms with Gasteiger partial charge in [0.25, 0.3) is 0 Å². The van der Waals surface area contributed by atoms with Gasteiger partial charge in [-0.3, -0.25) is 9.89 Å². The number of hydrogen-bond donors (Lipinski definition) is 2. The van der Waals surface area contributed by atoms with Crippen molar-refractivity contribution in [1.82, 2.24) is 20.4 Å². The van der Waals surface area contributed by atoms with Crippen molar-refractivity contribution in [1.29, 1.82) is 0 Å². The van der Waals surface area contributed by atoms with Crippen molar-refractivity contribution in [2.75, 3.05) is 53.4 Å². The number of likely N-dealkylation sites (tertiary alicyclic amines) is 1. The van der Waals surface area contributed by atoms with E-state index in [9.17, 15) is 0 Å². The number of benzene rings is 1. The summed E-state index contributed by atoms with van der Waals surface area (Å²) in [7, 11) is 4.08. The molecule has 2 N–H and O–H groups in total. The fourth-order valence-corrected chi connectivity index (χ4v) is 3.96. The van der Waals surface area contributed by atoms with Crippen LogP contribution in [0.15, 0.2) is 35.3 Å². The second-order valence-corrected chi connectivity index (χ2v) is 7.56. The molecule has 0 spiro atoms. The Morgan fingerprint density at radius 2 is 1.79 bits per heavy atom. The minimum atomic E-state index is 0. The second-order valence-electron chi connectivity index (χ2n) is 7.56. The standard InChI is InChI=1S/C22H39N5.HI/c1-5-27(6-2)21(20-10-8-7-9-11-20)18-25-22(23-3)24-15-12-19-13-16-26(4)17-14-19;/h7-11,19,21H,5-6,12-18H2,1-4H3,(H2,23,24,25);1H. The summed E-state index contributed by atoms with van der Waals surface area (Å²) < 4.78 is 0. The number of piperidine rings is 1. The third kappa shape index (κ3) is 8.25. The molecule has 1 aromatic carbocycles. The number of hydrogen-bond acceptors (Lipinski definition) is 3. The van der Waals surface area contributed by atoms with Crippen LogP contribution in [0.25, 0.3) is 0 Å². The first kappa shape index (κ1) is 25.2. The van der Waals surface area contributed by atoms with Gasteiger partial charge in [-0.1, -0.05) is 44.2 Å². The van der Waals surface area contributed by atoms with Crippen molar-refractivity contribution >= 4 is 29.9 Å². The van der Waals surface area contributed by atoms with Gasteiger partial charge in [0.1, 0.15) is 0 Å². The Kier molecular flexibility index (Phi) is 12.7. The van der Waals surface area contributed by atoms with Crippen molar-refractivity contribution in [3.05, 3.63) is 35.9 Å². The van der Waals surface area contributed by atoms with Crippen LogP contribution in [-0.2, 0) is 0 Å². The van der Waals surface area contributed by atoms with Crippen LogP contribution in [-0.4, -0.2) is 69.1 Å². The molecule has 0 radical (unpaired) electrons. The first-order valence-electron chi connectivity index (χ1n) is 10.6. The molecule has 6 heteroatoms. The number of guanidine groups is 1. The van der Waals surface area contributed by atoms with Gasteiger partial charge in [-0.05, 0) is 64.0 Å². The van der Waals surface area contributed by atoms with E-state index in [1.807, 2.05) is 7.05 Å². The number of aliphatic imine (C=N–C) groups is 1. The molecule has 1 aliphatic rings. The van der Waals surface area contributed by atoms with Gasteiger partial charge in [-0.25, -0.2) is 0 Å². The Balaban J connectivity index is 0.00000392. The maximum absolute atomic E-state index is 4.43. The molecule has 1 aliphatic heterocycles. The molecule has 1 heterocycles. The molecule has 160 valence electrons. The molecule has 0 aliphatic carbocycles. The molecule has 1 saturated heterocycles. The predicted octanol–water partition coefficient (Wildman–Crippen LogP) is 3.58. The van der Waals surface area contributed by atoms with Crippen molar-refractivity contribution in [3.8, 4) is 0 Å². The Morgan fingerprint density at radius 1 is 1.14 bits per heavy atom. The Labute approximate surface area is 189 Å². The zero-order chi connectivity index (χ0) is 19.5. The number of halogens is 1. The summed E-state index contributed by atoms with van der Waals surface area (Å²) in [4.78, 5) is 9.35. The quantitative estimate of drug-likeness (QED) is 0.309. The van der Waals surface area contributed by atoms with Gasteiger partial charge in [0.05, 0.1) is 6.04 Å². The third-order valence-electron chi connectivity index (χ3n) is 5.81. The molecular formula is C22H40IN5. The molecule has 1 aromatic rings. The average Bonchev–Trinajstić information content (AvgIpc) is 2.71. The first-order chi connectivity index (χ1) is 13.2. The minimum absolute atomic E-state index is 0. The summed E-state index contributed by atoms with van der Waals surface area (Å²) in [5, 5.41) is 7.07. The molecule has 1 unspecified atom stereocenters. The van der Waals surface area contributed by atoms with Gasteiger partial charge < -0.3 is 15.5 Å². The van der Waals surface area contributed by atoms with Crippen molar-refractivity contribution in [2.24, 2.45) is 10.9 Å². The van der Waals surface area contributed by atoms with Crippen molar-refractivity contribution < 1.29 is 0 Å². The summed E-state index contributed by atoms with van der Waals surface area (Å²) in [6.07, 6.45) is 3.87. The molecular weight excluding hydrogens is 461 g/mol. The van der Waals surface area contributed by atoms with E-state index in [1.165, 1.54) is 37.9 Å². The zero-order valence-corrected chi connectivity index (χ0v) is 20.5. The normalized spacial score (nSPS) is 17.2. The lowest BCUT2D eigenvalue weighted by atomic mass is 9.94. The molecule has 2 rings (SSSR count). The highest BCUT2D eigenvalue weighted by Gasteiger charge is 2.19. The lowest BCUT2D eigenvalue weighted by molar-refractivity contribution is 0.212. The monoisotopic (exact) mass is 501 g/mol. The SMILES string of the molecule is CCN(CC)C(CNC(=NC)NCCC1CCN(C)CC1)c1ccccc1.I. The number of nitrogens with zero attached hydrogens (tertiary/aromatic N) is 3. The van der Waals surface area contributed by atoms with Crippen LogP contribution in [0.2, 0.25) is 0 Å². The fraction of sp³-hybridized carbons (Fsp3) is 0.682. The Morgan fingerprint density at radius 3 is 2.36 bits per heavy atom. The van der Waals surface area contributed by atoms with Crippen molar-refractivity contribution in [3.63, 3.8) is 0 Å². The maximum atomic E-state index is 4.43. The van der Waals surface area contributed by atoms with Gasteiger partial charge in [0, 0.05) is 20.1 Å². The fourth-order valence-electron chi connectivity index (χ4n) is 3.96. The zero-order valence-electron chi connectivity index (χ0n) is 18.2. The number of rotatable bonds is 9. The van der Waals surface area contributed by atoms with E-state index in [0.29, 0.717) is 6.04 Å². The molecule has 1 fully saturated rings. The highest BCUT2D eigenvalue weighted by atomic mass is 127. The molecule has 0 amide bonds. The predicted molar refractivity (Wildman–Crippen MR) is 132 cm³/mol. The molecule has 28 heavy (non-hydrogen) atoms. The molecule has 0 saturated carbocycles. The summed E-state index contributed by atoms with van der Waals surface area (Å²) in [5.41, 5.74) is 1.36. The lowest BCUT2D eigenvalue weighted by Gasteiger charge is -2.31.